The van der Waals surface area contributed by atoms with Crippen molar-refractivity contribution >= 4 is 0 Å². The minimum atomic E-state index is 0.110. The van der Waals surface area contributed by atoms with Crippen LogP contribution in [-0.4, -0.2) is 51.9 Å². The molecular weight excluding hydrogens is 250 g/mol. The lowest BCUT2D eigenvalue weighted by atomic mass is 9.85. The van der Waals surface area contributed by atoms with E-state index in [1.807, 2.05) is 4.68 Å². The quantitative estimate of drug-likeness (QED) is 0.751. The Balaban J connectivity index is 2.93. The molecule has 2 atom stereocenters. The van der Waals surface area contributed by atoms with Crippen molar-refractivity contribution in [3.05, 3.63) is 12.2 Å². The van der Waals surface area contributed by atoms with Gasteiger partial charge in [0.1, 0.15) is 12.2 Å². The van der Waals surface area contributed by atoms with Crippen molar-refractivity contribution < 1.29 is 0 Å². The van der Waals surface area contributed by atoms with Crippen molar-refractivity contribution in [3.8, 4) is 0 Å². The first kappa shape index (κ1) is 17.1. The summed E-state index contributed by atoms with van der Waals surface area (Å²) in [4.78, 5) is 6.78. The zero-order chi connectivity index (χ0) is 15.2. The van der Waals surface area contributed by atoms with Gasteiger partial charge in [-0.25, -0.2) is 4.98 Å². The third-order valence-electron chi connectivity index (χ3n) is 4.46. The van der Waals surface area contributed by atoms with Crippen molar-refractivity contribution in [3.63, 3.8) is 0 Å². The van der Waals surface area contributed by atoms with Crippen LogP contribution in [0.25, 0.3) is 0 Å². The average Bonchev–Trinajstić information content (AvgIpc) is 2.85. The SMILES string of the molecule is CCCn1ncnc1CC(NCC)C(C)(CC)N(C)C. The van der Waals surface area contributed by atoms with Crippen LogP contribution < -0.4 is 5.32 Å². The second-order valence-corrected chi connectivity index (χ2v) is 5.82. The molecular formula is C15H31N5. The van der Waals surface area contributed by atoms with E-state index in [0.29, 0.717) is 6.04 Å². The minimum absolute atomic E-state index is 0.110. The van der Waals surface area contributed by atoms with Crippen LogP contribution >= 0.6 is 0 Å². The third kappa shape index (κ3) is 3.79. The number of nitrogens with zero attached hydrogens (tertiary/aromatic N) is 4. The molecule has 1 aromatic rings. The molecule has 0 spiro atoms. The van der Waals surface area contributed by atoms with Gasteiger partial charge in [0, 0.05) is 24.5 Å². The molecule has 0 aliphatic rings. The van der Waals surface area contributed by atoms with Gasteiger partial charge in [0.25, 0.3) is 0 Å². The van der Waals surface area contributed by atoms with E-state index in [0.717, 1.165) is 38.2 Å². The number of nitrogens with one attached hydrogen (secondary N) is 1. The van der Waals surface area contributed by atoms with Gasteiger partial charge in [-0.2, -0.15) is 5.10 Å². The first-order valence-electron chi connectivity index (χ1n) is 7.77. The van der Waals surface area contributed by atoms with Gasteiger partial charge in [-0.05, 0) is 40.4 Å². The van der Waals surface area contributed by atoms with Crippen LogP contribution in [0.15, 0.2) is 6.33 Å². The molecule has 0 aliphatic carbocycles. The minimum Gasteiger partial charge on any atom is -0.312 e. The van der Waals surface area contributed by atoms with Crippen LogP contribution in [0, 0.1) is 0 Å². The Labute approximate surface area is 123 Å². The number of aromatic nitrogens is 3. The van der Waals surface area contributed by atoms with Crippen LogP contribution in [0.1, 0.15) is 46.4 Å². The van der Waals surface area contributed by atoms with Crippen LogP contribution in [0.4, 0.5) is 0 Å². The summed E-state index contributed by atoms with van der Waals surface area (Å²) >= 11 is 0. The van der Waals surface area contributed by atoms with E-state index < -0.39 is 0 Å². The predicted octanol–water partition coefficient (Wildman–Crippen LogP) is 1.94. The van der Waals surface area contributed by atoms with E-state index in [9.17, 15) is 0 Å². The van der Waals surface area contributed by atoms with E-state index in [4.69, 9.17) is 0 Å². The van der Waals surface area contributed by atoms with Gasteiger partial charge >= 0.3 is 0 Å². The normalized spacial score (nSPS) is 16.4. The first-order valence-corrected chi connectivity index (χ1v) is 7.77. The zero-order valence-electron chi connectivity index (χ0n) is 14.0. The maximum Gasteiger partial charge on any atom is 0.138 e. The van der Waals surface area contributed by atoms with Crippen LogP contribution in [0.3, 0.4) is 0 Å². The molecule has 116 valence electrons. The number of hydrogen-bond donors (Lipinski definition) is 1. The molecule has 5 heteroatoms. The Kier molecular flexibility index (Phi) is 6.62. The highest BCUT2D eigenvalue weighted by atomic mass is 15.3. The number of hydrogen-bond acceptors (Lipinski definition) is 4. The molecule has 1 rings (SSSR count). The lowest BCUT2D eigenvalue weighted by molar-refractivity contribution is 0.111. The molecule has 5 nitrogen and oxygen atoms in total. The lowest BCUT2D eigenvalue weighted by Gasteiger charge is -2.43. The molecule has 1 N–H and O–H groups in total. The maximum absolute atomic E-state index is 4.46. The second kappa shape index (κ2) is 7.74. The Morgan fingerprint density at radius 1 is 1.35 bits per heavy atom. The largest absolute Gasteiger partial charge is 0.312 e. The lowest BCUT2D eigenvalue weighted by Crippen LogP contribution is -2.58. The second-order valence-electron chi connectivity index (χ2n) is 5.82. The summed E-state index contributed by atoms with van der Waals surface area (Å²) in [6.07, 6.45) is 4.77. The fraction of sp³-hybridized carbons (Fsp3) is 0.867. The standard InChI is InChI=1S/C15H31N5/c1-7-10-20-14(17-12-18-20)11-13(16-9-3)15(4,8-2)19(5)6/h12-13,16H,7-11H2,1-6H3. The molecule has 1 aromatic heterocycles. The van der Waals surface area contributed by atoms with Crippen molar-refractivity contribution in [2.45, 2.75) is 65.1 Å². The van der Waals surface area contributed by atoms with E-state index >= 15 is 0 Å². The van der Waals surface area contributed by atoms with Crippen LogP contribution in [0.2, 0.25) is 0 Å². The molecule has 0 saturated carbocycles. The van der Waals surface area contributed by atoms with Gasteiger partial charge in [-0.3, -0.25) is 4.68 Å². The van der Waals surface area contributed by atoms with Gasteiger partial charge in [-0.15, -0.1) is 0 Å². The van der Waals surface area contributed by atoms with Gasteiger partial charge < -0.3 is 10.2 Å². The van der Waals surface area contributed by atoms with Crippen LogP contribution in [0.5, 0.6) is 0 Å². The van der Waals surface area contributed by atoms with Gasteiger partial charge in [0.05, 0.1) is 0 Å². The predicted molar refractivity (Wildman–Crippen MR) is 83.9 cm³/mol. The highest BCUT2D eigenvalue weighted by Gasteiger charge is 2.35. The zero-order valence-corrected chi connectivity index (χ0v) is 14.0. The summed E-state index contributed by atoms with van der Waals surface area (Å²) in [6, 6.07) is 0.368. The fourth-order valence-electron chi connectivity index (χ4n) is 2.66. The molecule has 20 heavy (non-hydrogen) atoms. The van der Waals surface area contributed by atoms with E-state index in [2.05, 4.69) is 62.1 Å². The van der Waals surface area contributed by atoms with Crippen molar-refractivity contribution in [1.82, 2.24) is 25.0 Å². The Bertz CT molecular complexity index is 387. The summed E-state index contributed by atoms with van der Waals surface area (Å²) in [5, 5.41) is 7.98. The van der Waals surface area contributed by atoms with Crippen molar-refractivity contribution in [1.29, 1.82) is 0 Å². The monoisotopic (exact) mass is 281 g/mol. The van der Waals surface area contributed by atoms with Crippen LogP contribution in [-0.2, 0) is 13.0 Å². The first-order chi connectivity index (χ1) is 9.49. The van der Waals surface area contributed by atoms with Gasteiger partial charge in [0.15, 0.2) is 0 Å². The number of aryl methyl sites for hydroxylation is 1. The molecule has 0 fully saturated rings. The smallest absolute Gasteiger partial charge is 0.138 e. The average molecular weight is 281 g/mol. The van der Waals surface area contributed by atoms with E-state index in [-0.39, 0.29) is 5.54 Å². The molecule has 0 bridgehead atoms. The van der Waals surface area contributed by atoms with Crippen molar-refractivity contribution in [2.75, 3.05) is 20.6 Å². The summed E-state index contributed by atoms with van der Waals surface area (Å²) < 4.78 is 2.04. The summed E-state index contributed by atoms with van der Waals surface area (Å²) in [7, 11) is 4.31. The van der Waals surface area contributed by atoms with E-state index in [1.165, 1.54) is 0 Å². The fourth-order valence-corrected chi connectivity index (χ4v) is 2.66. The van der Waals surface area contributed by atoms with Gasteiger partial charge in [-0.1, -0.05) is 20.8 Å². The molecule has 1 heterocycles. The molecule has 0 radical (unpaired) electrons. The van der Waals surface area contributed by atoms with Crippen molar-refractivity contribution in [2.24, 2.45) is 0 Å². The molecule has 0 saturated heterocycles. The Morgan fingerprint density at radius 3 is 2.55 bits per heavy atom. The highest BCUT2D eigenvalue weighted by Crippen LogP contribution is 2.23. The summed E-state index contributed by atoms with van der Waals surface area (Å²) in [6.45, 7) is 10.8. The molecule has 0 aliphatic heterocycles. The Morgan fingerprint density at radius 2 is 2.05 bits per heavy atom. The third-order valence-corrected chi connectivity index (χ3v) is 4.46. The molecule has 0 amide bonds. The maximum atomic E-state index is 4.46. The molecule has 0 aromatic carbocycles. The number of likely N-dealkylation sites (N-methyl/N-ethyl adjacent to an activating group) is 2. The number of rotatable bonds is 9. The summed E-state index contributed by atoms with van der Waals surface area (Å²) in [5.41, 5.74) is 0.110. The Hall–Kier alpha value is -0.940. The molecule has 2 unspecified atom stereocenters. The topological polar surface area (TPSA) is 46.0 Å². The van der Waals surface area contributed by atoms with E-state index in [1.54, 1.807) is 6.33 Å². The van der Waals surface area contributed by atoms with Gasteiger partial charge in [0.2, 0.25) is 0 Å². The highest BCUT2D eigenvalue weighted by molar-refractivity contribution is 5.01. The summed E-state index contributed by atoms with van der Waals surface area (Å²) in [5.74, 6) is 1.08.